The molecule has 0 unspecified atom stereocenters. The maximum absolute atomic E-state index is 11.8. The van der Waals surface area contributed by atoms with Crippen LogP contribution in [0.1, 0.15) is 12.0 Å². The van der Waals surface area contributed by atoms with Crippen molar-refractivity contribution < 1.29 is 27.5 Å². The summed E-state index contributed by atoms with van der Waals surface area (Å²) < 4.78 is 39.7. The third-order valence-electron chi connectivity index (χ3n) is 2.72. The highest BCUT2D eigenvalue weighted by Crippen LogP contribution is 2.13. The van der Waals surface area contributed by atoms with E-state index < -0.39 is 12.8 Å². The van der Waals surface area contributed by atoms with Gasteiger partial charge in [0.15, 0.2) is 0 Å². The predicted octanol–water partition coefficient (Wildman–Crippen LogP) is 1.43. The van der Waals surface area contributed by atoms with Gasteiger partial charge in [-0.25, -0.2) is 0 Å². The first kappa shape index (κ1) is 19.0. The molecule has 0 fully saturated rings. The van der Waals surface area contributed by atoms with E-state index in [1.54, 1.807) is 0 Å². The molecule has 5 nitrogen and oxygen atoms in total. The van der Waals surface area contributed by atoms with Gasteiger partial charge >= 0.3 is 6.18 Å². The van der Waals surface area contributed by atoms with Gasteiger partial charge < -0.3 is 15.4 Å². The fourth-order valence-electron chi connectivity index (χ4n) is 1.70. The molecule has 0 radical (unpaired) electrons. The third kappa shape index (κ3) is 10.3. The van der Waals surface area contributed by atoms with Gasteiger partial charge in [-0.15, -0.1) is 0 Å². The number of nitrogens with one attached hydrogen (secondary N) is 2. The Labute approximate surface area is 132 Å². The Balaban J connectivity index is 2.04. The minimum Gasteiger partial charge on any atom is -0.370 e. The monoisotopic (exact) mass is 332 g/mol. The summed E-state index contributed by atoms with van der Waals surface area (Å²) in [6, 6.07) is 9.17. The fourth-order valence-corrected chi connectivity index (χ4v) is 1.70. The van der Waals surface area contributed by atoms with Gasteiger partial charge in [-0.05, 0) is 5.56 Å². The van der Waals surface area contributed by atoms with E-state index in [1.807, 2.05) is 30.3 Å². The molecule has 0 heterocycles. The number of hydrogen-bond donors (Lipinski definition) is 2. The highest BCUT2D eigenvalue weighted by atomic mass is 19.4. The molecule has 0 aromatic heterocycles. The van der Waals surface area contributed by atoms with Crippen LogP contribution in [-0.2, 0) is 20.7 Å². The normalized spacial score (nSPS) is 11.1. The number of benzene rings is 1. The molecule has 0 aliphatic carbocycles. The van der Waals surface area contributed by atoms with Crippen molar-refractivity contribution in [3.05, 3.63) is 35.9 Å². The lowest BCUT2D eigenvalue weighted by Gasteiger charge is -2.09. The van der Waals surface area contributed by atoms with Crippen LogP contribution in [0.5, 0.6) is 0 Å². The van der Waals surface area contributed by atoms with Gasteiger partial charge in [-0.3, -0.25) is 9.59 Å². The first-order valence-corrected chi connectivity index (χ1v) is 7.08. The van der Waals surface area contributed by atoms with Gasteiger partial charge in [-0.2, -0.15) is 13.2 Å². The number of alkyl halides is 3. The number of halogens is 3. The zero-order chi connectivity index (χ0) is 17.1. The van der Waals surface area contributed by atoms with Crippen LogP contribution in [0.25, 0.3) is 0 Å². The van der Waals surface area contributed by atoms with Crippen LogP contribution in [0.2, 0.25) is 0 Å². The lowest BCUT2D eigenvalue weighted by molar-refractivity contribution is -0.173. The molecule has 0 aliphatic heterocycles. The summed E-state index contributed by atoms with van der Waals surface area (Å²) in [5, 5.41) is 5.01. The molecule has 0 bridgehead atoms. The molecule has 128 valence electrons. The molecule has 2 amide bonds. The molecule has 0 saturated carbocycles. The summed E-state index contributed by atoms with van der Waals surface area (Å²) in [4.78, 5) is 23.0. The van der Waals surface area contributed by atoms with Gasteiger partial charge in [-0.1, -0.05) is 30.3 Å². The van der Waals surface area contributed by atoms with Gasteiger partial charge in [0.1, 0.15) is 6.61 Å². The van der Waals surface area contributed by atoms with Crippen molar-refractivity contribution in [2.24, 2.45) is 0 Å². The third-order valence-corrected chi connectivity index (χ3v) is 2.72. The predicted molar refractivity (Wildman–Crippen MR) is 77.7 cm³/mol. The zero-order valence-corrected chi connectivity index (χ0v) is 12.5. The summed E-state index contributed by atoms with van der Waals surface area (Å²) in [6.07, 6.45) is -4.08. The number of rotatable bonds is 9. The van der Waals surface area contributed by atoms with Crippen LogP contribution in [0.3, 0.4) is 0 Å². The van der Waals surface area contributed by atoms with Gasteiger partial charge in [0, 0.05) is 19.5 Å². The van der Waals surface area contributed by atoms with E-state index in [2.05, 4.69) is 15.4 Å². The highest BCUT2D eigenvalue weighted by Gasteiger charge is 2.27. The van der Waals surface area contributed by atoms with Crippen molar-refractivity contribution in [2.45, 2.75) is 19.0 Å². The molecule has 2 N–H and O–H groups in total. The average molecular weight is 332 g/mol. The van der Waals surface area contributed by atoms with Crippen molar-refractivity contribution in [3.63, 3.8) is 0 Å². The van der Waals surface area contributed by atoms with Gasteiger partial charge in [0.25, 0.3) is 0 Å². The van der Waals surface area contributed by atoms with Crippen molar-refractivity contribution in [2.75, 3.05) is 26.3 Å². The van der Waals surface area contributed by atoms with E-state index in [0.29, 0.717) is 0 Å². The van der Waals surface area contributed by atoms with Gasteiger partial charge in [0.2, 0.25) is 11.8 Å². The first-order chi connectivity index (χ1) is 10.9. The summed E-state index contributed by atoms with van der Waals surface area (Å²) in [7, 11) is 0. The first-order valence-electron chi connectivity index (χ1n) is 7.08. The van der Waals surface area contributed by atoms with E-state index in [-0.39, 0.29) is 44.4 Å². The number of hydrogen-bond acceptors (Lipinski definition) is 3. The molecule has 0 atom stereocenters. The van der Waals surface area contributed by atoms with Gasteiger partial charge in [0.05, 0.1) is 13.0 Å². The molecular weight excluding hydrogens is 313 g/mol. The van der Waals surface area contributed by atoms with E-state index in [1.165, 1.54) is 0 Å². The molecule has 23 heavy (non-hydrogen) atoms. The fraction of sp³-hybridized carbons (Fsp3) is 0.467. The van der Waals surface area contributed by atoms with Crippen molar-refractivity contribution in [1.82, 2.24) is 10.6 Å². The Morgan fingerprint density at radius 3 is 2.30 bits per heavy atom. The number of ether oxygens (including phenoxy) is 1. The quantitative estimate of drug-likeness (QED) is 0.672. The average Bonchev–Trinajstić information content (AvgIpc) is 2.46. The van der Waals surface area contributed by atoms with Crippen LogP contribution in [-0.4, -0.2) is 44.3 Å². The van der Waals surface area contributed by atoms with E-state index in [0.717, 1.165) is 5.56 Å². The van der Waals surface area contributed by atoms with E-state index in [9.17, 15) is 22.8 Å². The molecule has 1 aromatic rings. The topological polar surface area (TPSA) is 67.4 Å². The minimum atomic E-state index is -4.37. The van der Waals surface area contributed by atoms with Crippen molar-refractivity contribution >= 4 is 11.8 Å². The summed E-state index contributed by atoms with van der Waals surface area (Å²) in [6.45, 7) is -1.39. The van der Waals surface area contributed by atoms with Crippen LogP contribution >= 0.6 is 0 Å². The molecule has 0 saturated heterocycles. The zero-order valence-electron chi connectivity index (χ0n) is 12.5. The Morgan fingerprint density at radius 1 is 1.00 bits per heavy atom. The summed E-state index contributed by atoms with van der Waals surface area (Å²) in [5.74, 6) is -0.557. The minimum absolute atomic E-state index is 0.00707. The van der Waals surface area contributed by atoms with Crippen LogP contribution in [0, 0.1) is 0 Å². The van der Waals surface area contributed by atoms with E-state index in [4.69, 9.17) is 0 Å². The van der Waals surface area contributed by atoms with Crippen molar-refractivity contribution in [3.8, 4) is 0 Å². The summed E-state index contributed by atoms with van der Waals surface area (Å²) >= 11 is 0. The number of amides is 2. The van der Waals surface area contributed by atoms with E-state index >= 15 is 0 Å². The molecule has 1 aromatic carbocycles. The Kier molecular flexibility index (Phi) is 8.10. The Hall–Kier alpha value is -2.09. The Bertz CT molecular complexity index is 492. The second-order valence-electron chi connectivity index (χ2n) is 4.78. The number of carbonyl (C=O) groups excluding carboxylic acids is 2. The molecular formula is C15H19F3N2O3. The Morgan fingerprint density at radius 2 is 1.65 bits per heavy atom. The summed E-state index contributed by atoms with van der Waals surface area (Å²) in [5.41, 5.74) is 0.872. The van der Waals surface area contributed by atoms with Crippen LogP contribution in [0.15, 0.2) is 30.3 Å². The lowest BCUT2D eigenvalue weighted by atomic mass is 10.1. The molecule has 8 heteroatoms. The van der Waals surface area contributed by atoms with Crippen LogP contribution < -0.4 is 10.6 Å². The lowest BCUT2D eigenvalue weighted by Crippen LogP contribution is -2.33. The maximum atomic E-state index is 11.8. The second kappa shape index (κ2) is 9.83. The van der Waals surface area contributed by atoms with Crippen LogP contribution in [0.4, 0.5) is 13.2 Å². The largest absolute Gasteiger partial charge is 0.411 e. The SMILES string of the molecule is O=C(CCNC(=O)Cc1ccccc1)NCCOCC(F)(F)F. The standard InChI is InChI=1S/C15H19F3N2O3/c16-15(17,18)11-23-9-8-20-13(21)6-7-19-14(22)10-12-4-2-1-3-5-12/h1-5H,6-11H2,(H,19,22)(H,20,21). The smallest absolute Gasteiger partial charge is 0.370 e. The number of carbonyl (C=O) groups is 2. The molecule has 0 spiro atoms. The highest BCUT2D eigenvalue weighted by molar-refractivity contribution is 5.80. The second-order valence-corrected chi connectivity index (χ2v) is 4.78. The maximum Gasteiger partial charge on any atom is 0.411 e. The van der Waals surface area contributed by atoms with Crippen molar-refractivity contribution in [1.29, 1.82) is 0 Å². The molecule has 0 aliphatic rings. The molecule has 1 rings (SSSR count).